The third kappa shape index (κ3) is 3.61. The van der Waals surface area contributed by atoms with Crippen molar-refractivity contribution in [2.24, 2.45) is 17.8 Å². The third-order valence-electron chi connectivity index (χ3n) is 8.25. The monoisotopic (exact) mass is 472 g/mol. The highest BCUT2D eigenvalue weighted by Crippen LogP contribution is 2.54. The van der Waals surface area contributed by atoms with Gasteiger partial charge in [-0.1, -0.05) is 51.3 Å². The number of hydrogen-bond acceptors (Lipinski definition) is 6. The van der Waals surface area contributed by atoms with Crippen molar-refractivity contribution in [2.45, 2.75) is 82.2 Å². The Hall–Kier alpha value is -2.19. The number of carbonyl (C=O) groups is 3. The molecule has 1 aliphatic carbocycles. The van der Waals surface area contributed by atoms with Crippen molar-refractivity contribution in [3.63, 3.8) is 0 Å². The topological polar surface area (TPSA) is 96.4 Å². The molecule has 0 aromatic heterocycles. The van der Waals surface area contributed by atoms with Gasteiger partial charge >= 0.3 is 5.97 Å². The fraction of sp³-hybridized carbons (Fsp3) is 0.731. The van der Waals surface area contributed by atoms with Gasteiger partial charge in [-0.05, 0) is 31.3 Å². The minimum atomic E-state index is -1.25. The molecule has 3 fully saturated rings. The van der Waals surface area contributed by atoms with Crippen LogP contribution >= 0.6 is 0 Å². The largest absolute Gasteiger partial charge is 0.461 e. The first-order valence-electron chi connectivity index (χ1n) is 12.8. The summed E-state index contributed by atoms with van der Waals surface area (Å²) < 4.78 is 11.9. The van der Waals surface area contributed by atoms with Crippen molar-refractivity contribution in [2.75, 3.05) is 19.8 Å². The average Bonchev–Trinajstić information content (AvgIpc) is 3.12. The number of rotatable bonds is 5. The molecule has 0 radical (unpaired) electrons. The minimum Gasteiger partial charge on any atom is -0.461 e. The van der Waals surface area contributed by atoms with E-state index in [-0.39, 0.29) is 37.0 Å². The van der Waals surface area contributed by atoms with Gasteiger partial charge in [0.15, 0.2) is 0 Å². The molecule has 4 heterocycles. The Kier molecular flexibility index (Phi) is 6.31. The Labute approximate surface area is 200 Å². The van der Waals surface area contributed by atoms with E-state index in [2.05, 4.69) is 0 Å². The summed E-state index contributed by atoms with van der Waals surface area (Å²) in [6, 6.07) is -1.30. The summed E-state index contributed by atoms with van der Waals surface area (Å²) in [6.07, 6.45) is 12.5. The van der Waals surface area contributed by atoms with Crippen molar-refractivity contribution in [1.29, 1.82) is 0 Å². The highest BCUT2D eigenvalue weighted by atomic mass is 16.6. The van der Waals surface area contributed by atoms with E-state index in [1.807, 2.05) is 30.9 Å². The van der Waals surface area contributed by atoms with Crippen LogP contribution in [0.15, 0.2) is 24.3 Å². The van der Waals surface area contributed by atoms with Crippen LogP contribution in [-0.2, 0) is 23.9 Å². The van der Waals surface area contributed by atoms with E-state index >= 15 is 0 Å². The second-order valence-corrected chi connectivity index (χ2v) is 10.8. The Morgan fingerprint density at radius 2 is 1.88 bits per heavy atom. The SMILES string of the molecule is CC(C)C[C@H](CO)N1C(=O)[C@@H]2[C@H]3C(=O)OCC=C[C@H]3O[C@@]23C=CCN(C2CCCCC2)C(=O)C13. The molecule has 1 saturated carbocycles. The normalized spacial score (nSPS) is 36.8. The number of aliphatic hydroxyl groups excluding tert-OH is 1. The smallest absolute Gasteiger partial charge is 0.313 e. The Bertz CT molecular complexity index is 894. The van der Waals surface area contributed by atoms with Crippen molar-refractivity contribution in [1.82, 2.24) is 9.80 Å². The number of aliphatic hydroxyl groups is 1. The fourth-order valence-electron chi connectivity index (χ4n) is 6.86. The number of ether oxygens (including phenoxy) is 2. The van der Waals surface area contributed by atoms with E-state index in [0.717, 1.165) is 25.7 Å². The van der Waals surface area contributed by atoms with E-state index in [1.165, 1.54) is 6.42 Å². The van der Waals surface area contributed by atoms with E-state index in [9.17, 15) is 19.5 Å². The van der Waals surface area contributed by atoms with Crippen LogP contribution in [0.3, 0.4) is 0 Å². The summed E-state index contributed by atoms with van der Waals surface area (Å²) >= 11 is 0. The van der Waals surface area contributed by atoms with Crippen LogP contribution in [0, 0.1) is 17.8 Å². The molecule has 6 atom stereocenters. The lowest BCUT2D eigenvalue weighted by Gasteiger charge is -2.41. The molecule has 186 valence electrons. The highest BCUT2D eigenvalue weighted by molar-refractivity contribution is 5.99. The van der Waals surface area contributed by atoms with Crippen LogP contribution in [0.2, 0.25) is 0 Å². The van der Waals surface area contributed by atoms with Gasteiger partial charge in [-0.15, -0.1) is 0 Å². The van der Waals surface area contributed by atoms with E-state index in [0.29, 0.717) is 13.0 Å². The number of amides is 2. The van der Waals surface area contributed by atoms with Gasteiger partial charge in [-0.3, -0.25) is 14.4 Å². The predicted molar refractivity (Wildman–Crippen MR) is 123 cm³/mol. The van der Waals surface area contributed by atoms with Gasteiger partial charge in [-0.2, -0.15) is 0 Å². The number of likely N-dealkylation sites (tertiary alicyclic amines) is 1. The van der Waals surface area contributed by atoms with Crippen LogP contribution in [0.25, 0.3) is 0 Å². The summed E-state index contributed by atoms with van der Waals surface area (Å²) in [5.41, 5.74) is -1.25. The first kappa shape index (κ1) is 23.5. The lowest BCUT2D eigenvalue weighted by Crippen LogP contribution is -2.59. The van der Waals surface area contributed by atoms with Gasteiger partial charge in [0, 0.05) is 12.6 Å². The zero-order chi connectivity index (χ0) is 24.0. The molecule has 1 N–H and O–H groups in total. The predicted octanol–water partition coefficient (Wildman–Crippen LogP) is 1.82. The van der Waals surface area contributed by atoms with Gasteiger partial charge in [0.1, 0.15) is 24.2 Å². The Balaban J connectivity index is 1.60. The van der Waals surface area contributed by atoms with E-state index < -0.39 is 41.6 Å². The standard InChI is InChI=1S/C26H36N2O6/c1-16(2)14-18(15-29)28-22-24(31)27(17-8-4-3-5-9-17)12-7-11-26(22)21(23(28)30)20-19(34-26)10-6-13-33-25(20)32/h6-7,10-11,16-22,29H,3-5,8-9,12-15H2,1-2H3/t18-,19-,20+,21+,22?,26+/m1/s1. The number of cyclic esters (lactones) is 1. The maximum atomic E-state index is 14.3. The van der Waals surface area contributed by atoms with E-state index in [4.69, 9.17) is 9.47 Å². The van der Waals surface area contributed by atoms with Gasteiger partial charge in [-0.25, -0.2) is 0 Å². The molecular weight excluding hydrogens is 436 g/mol. The zero-order valence-electron chi connectivity index (χ0n) is 20.1. The van der Waals surface area contributed by atoms with Crippen molar-refractivity contribution < 1.29 is 29.0 Å². The molecule has 5 rings (SSSR count). The molecule has 8 heteroatoms. The summed E-state index contributed by atoms with van der Waals surface area (Å²) in [5.74, 6) is -2.35. The third-order valence-corrected chi connectivity index (χ3v) is 8.25. The molecule has 0 aromatic rings. The Morgan fingerprint density at radius 1 is 1.12 bits per heavy atom. The van der Waals surface area contributed by atoms with Crippen LogP contribution in [0.5, 0.6) is 0 Å². The lowest BCUT2D eigenvalue weighted by molar-refractivity contribution is -0.156. The zero-order valence-corrected chi connectivity index (χ0v) is 20.1. The number of hydrogen-bond donors (Lipinski definition) is 1. The van der Waals surface area contributed by atoms with Gasteiger partial charge in [0.05, 0.1) is 24.7 Å². The van der Waals surface area contributed by atoms with Crippen LogP contribution in [-0.4, -0.2) is 82.3 Å². The number of carbonyl (C=O) groups excluding carboxylic acids is 3. The molecule has 2 saturated heterocycles. The molecule has 5 aliphatic rings. The van der Waals surface area contributed by atoms with Crippen LogP contribution in [0.4, 0.5) is 0 Å². The van der Waals surface area contributed by atoms with Gasteiger partial charge in [0.2, 0.25) is 11.8 Å². The van der Waals surface area contributed by atoms with Crippen molar-refractivity contribution in [3.8, 4) is 0 Å². The molecule has 4 aliphatic heterocycles. The van der Waals surface area contributed by atoms with Crippen LogP contribution < -0.4 is 0 Å². The first-order valence-corrected chi connectivity index (χ1v) is 12.8. The van der Waals surface area contributed by atoms with Crippen molar-refractivity contribution in [3.05, 3.63) is 24.3 Å². The molecule has 2 amide bonds. The van der Waals surface area contributed by atoms with Crippen molar-refractivity contribution >= 4 is 17.8 Å². The van der Waals surface area contributed by atoms with E-state index in [1.54, 1.807) is 17.1 Å². The minimum absolute atomic E-state index is 0.131. The summed E-state index contributed by atoms with van der Waals surface area (Å²) in [6.45, 7) is 4.42. The van der Waals surface area contributed by atoms with Crippen LogP contribution in [0.1, 0.15) is 52.4 Å². The summed E-state index contributed by atoms with van der Waals surface area (Å²) in [7, 11) is 0. The molecule has 0 bridgehead atoms. The highest BCUT2D eigenvalue weighted by Gasteiger charge is 2.72. The average molecular weight is 473 g/mol. The summed E-state index contributed by atoms with van der Waals surface area (Å²) in [5, 5.41) is 10.3. The quantitative estimate of drug-likeness (QED) is 0.484. The number of nitrogens with zero attached hydrogens (tertiary/aromatic N) is 2. The summed E-state index contributed by atoms with van der Waals surface area (Å²) in [4.78, 5) is 44.8. The fourth-order valence-corrected chi connectivity index (χ4v) is 6.86. The molecule has 1 unspecified atom stereocenters. The Morgan fingerprint density at radius 3 is 2.59 bits per heavy atom. The molecular formula is C26H36N2O6. The number of fused-ring (bicyclic) bond motifs is 2. The van der Waals surface area contributed by atoms with Gasteiger partial charge in [0.25, 0.3) is 0 Å². The molecule has 1 spiro atoms. The second kappa shape index (κ2) is 9.11. The second-order valence-electron chi connectivity index (χ2n) is 10.8. The lowest BCUT2D eigenvalue weighted by atomic mass is 9.78. The molecule has 0 aromatic carbocycles. The molecule has 34 heavy (non-hydrogen) atoms. The first-order chi connectivity index (χ1) is 16.4. The van der Waals surface area contributed by atoms with Gasteiger partial charge < -0.3 is 24.4 Å². The maximum Gasteiger partial charge on any atom is 0.313 e. The number of esters is 1. The molecule has 8 nitrogen and oxygen atoms in total. The maximum absolute atomic E-state index is 14.3.